The van der Waals surface area contributed by atoms with Crippen LogP contribution in [0.15, 0.2) is 11.6 Å². The number of ether oxygens (including phenoxy) is 2. The first-order chi connectivity index (χ1) is 10.7. The Morgan fingerprint density at radius 1 is 1.45 bits per heavy atom. The van der Waals surface area contributed by atoms with Crippen LogP contribution < -0.4 is 0 Å². The molecular formula is C18H29NO3. The van der Waals surface area contributed by atoms with Gasteiger partial charge in [-0.05, 0) is 45.4 Å². The van der Waals surface area contributed by atoms with Gasteiger partial charge in [0, 0.05) is 32.5 Å². The molecule has 2 fully saturated rings. The van der Waals surface area contributed by atoms with Gasteiger partial charge in [0.2, 0.25) is 5.91 Å². The maximum Gasteiger partial charge on any atom is 0.226 e. The third-order valence-corrected chi connectivity index (χ3v) is 5.23. The molecule has 22 heavy (non-hydrogen) atoms. The second-order valence-corrected chi connectivity index (χ2v) is 6.98. The molecule has 0 bridgehead atoms. The predicted molar refractivity (Wildman–Crippen MR) is 85.7 cm³/mol. The van der Waals surface area contributed by atoms with Crippen LogP contribution in [0.2, 0.25) is 0 Å². The second-order valence-electron chi connectivity index (χ2n) is 6.98. The highest BCUT2D eigenvalue weighted by Crippen LogP contribution is 2.36. The van der Waals surface area contributed by atoms with Crippen molar-refractivity contribution in [1.29, 1.82) is 0 Å². The summed E-state index contributed by atoms with van der Waals surface area (Å²) in [6.07, 6.45) is 10.9. The van der Waals surface area contributed by atoms with Gasteiger partial charge in [0.25, 0.3) is 0 Å². The van der Waals surface area contributed by atoms with Crippen molar-refractivity contribution < 1.29 is 14.3 Å². The van der Waals surface area contributed by atoms with Crippen LogP contribution in [0.25, 0.3) is 0 Å². The summed E-state index contributed by atoms with van der Waals surface area (Å²) in [4.78, 5) is 14.6. The zero-order chi connectivity index (χ0) is 15.4. The fourth-order valence-electron chi connectivity index (χ4n) is 4.11. The van der Waals surface area contributed by atoms with Gasteiger partial charge in [-0.25, -0.2) is 0 Å². The highest BCUT2D eigenvalue weighted by atomic mass is 16.6. The second kappa shape index (κ2) is 7.14. The molecule has 0 N–H and O–H groups in total. The van der Waals surface area contributed by atoms with Crippen molar-refractivity contribution >= 4 is 5.91 Å². The van der Waals surface area contributed by atoms with Crippen LogP contribution in [0, 0.1) is 0 Å². The fraction of sp³-hybridized carbons (Fsp3) is 0.833. The van der Waals surface area contributed by atoms with E-state index in [1.165, 1.54) is 18.4 Å². The van der Waals surface area contributed by atoms with E-state index in [0.29, 0.717) is 13.0 Å². The van der Waals surface area contributed by atoms with E-state index in [4.69, 9.17) is 9.47 Å². The van der Waals surface area contributed by atoms with E-state index in [1.54, 1.807) is 0 Å². The maximum atomic E-state index is 12.6. The minimum Gasteiger partial charge on any atom is -0.376 e. The van der Waals surface area contributed by atoms with Crippen LogP contribution in [0.3, 0.4) is 0 Å². The Bertz CT molecular complexity index is 434. The van der Waals surface area contributed by atoms with Crippen molar-refractivity contribution in [2.75, 3.05) is 26.3 Å². The molecule has 0 aromatic rings. The molecule has 3 aliphatic rings. The smallest absolute Gasteiger partial charge is 0.226 e. The van der Waals surface area contributed by atoms with Crippen molar-refractivity contribution in [2.45, 2.75) is 70.0 Å². The average molecular weight is 307 g/mol. The van der Waals surface area contributed by atoms with Gasteiger partial charge in [0.1, 0.15) is 0 Å². The summed E-state index contributed by atoms with van der Waals surface area (Å²) < 4.78 is 11.8. The molecular weight excluding hydrogens is 278 g/mol. The molecule has 1 aliphatic carbocycles. The van der Waals surface area contributed by atoms with E-state index in [1.807, 2.05) is 11.8 Å². The molecule has 3 rings (SSSR count). The van der Waals surface area contributed by atoms with E-state index in [0.717, 1.165) is 51.8 Å². The third kappa shape index (κ3) is 3.72. The Kier molecular flexibility index (Phi) is 5.19. The third-order valence-electron chi connectivity index (χ3n) is 5.23. The monoisotopic (exact) mass is 307 g/mol. The largest absolute Gasteiger partial charge is 0.376 e. The quantitative estimate of drug-likeness (QED) is 0.749. The molecule has 0 aromatic carbocycles. The Labute approximate surface area is 133 Å². The first-order valence-electron chi connectivity index (χ1n) is 8.92. The van der Waals surface area contributed by atoms with Gasteiger partial charge in [0.05, 0.1) is 18.3 Å². The molecule has 4 heteroatoms. The molecule has 4 nitrogen and oxygen atoms in total. The summed E-state index contributed by atoms with van der Waals surface area (Å²) in [5.41, 5.74) is 1.20. The normalized spacial score (nSPS) is 32.3. The van der Waals surface area contributed by atoms with Crippen LogP contribution in [-0.2, 0) is 14.3 Å². The van der Waals surface area contributed by atoms with Gasteiger partial charge in [-0.3, -0.25) is 4.79 Å². The SMILES string of the molecule is CCO[C@H]1CO[C@]2(CCCN(C(=O)CC3=CCCCC3)C2)C1. The summed E-state index contributed by atoms with van der Waals surface area (Å²) in [6.45, 7) is 5.08. The lowest BCUT2D eigenvalue weighted by molar-refractivity contribution is -0.138. The van der Waals surface area contributed by atoms with Crippen LogP contribution in [0.1, 0.15) is 58.3 Å². The number of carbonyl (C=O) groups excluding carboxylic acids is 1. The lowest BCUT2D eigenvalue weighted by atomic mass is 9.88. The number of likely N-dealkylation sites (tertiary alicyclic amines) is 1. The molecule has 0 aromatic heterocycles. The van der Waals surface area contributed by atoms with E-state index >= 15 is 0 Å². The van der Waals surface area contributed by atoms with E-state index in [2.05, 4.69) is 6.08 Å². The first kappa shape index (κ1) is 16.0. The van der Waals surface area contributed by atoms with Gasteiger partial charge in [-0.1, -0.05) is 11.6 Å². The summed E-state index contributed by atoms with van der Waals surface area (Å²) in [5.74, 6) is 0.288. The molecule has 2 aliphatic heterocycles. The molecule has 1 amide bonds. The lowest BCUT2D eigenvalue weighted by Crippen LogP contribution is -2.50. The number of hydrogen-bond donors (Lipinski definition) is 0. The van der Waals surface area contributed by atoms with Crippen molar-refractivity contribution in [3.63, 3.8) is 0 Å². The zero-order valence-electron chi connectivity index (χ0n) is 13.8. The number of carbonyl (C=O) groups is 1. The summed E-state index contributed by atoms with van der Waals surface area (Å²) >= 11 is 0. The Balaban J connectivity index is 1.56. The number of hydrogen-bond acceptors (Lipinski definition) is 3. The summed E-state index contributed by atoms with van der Waals surface area (Å²) in [6, 6.07) is 0. The number of rotatable bonds is 4. The van der Waals surface area contributed by atoms with Gasteiger partial charge >= 0.3 is 0 Å². The fourth-order valence-corrected chi connectivity index (χ4v) is 4.11. The topological polar surface area (TPSA) is 38.8 Å². The predicted octanol–water partition coefficient (Wildman–Crippen LogP) is 3.06. The van der Waals surface area contributed by atoms with Crippen LogP contribution >= 0.6 is 0 Å². The number of amides is 1. The molecule has 2 saturated heterocycles. The van der Waals surface area contributed by atoms with Crippen LogP contribution in [-0.4, -0.2) is 48.8 Å². The number of piperidine rings is 1. The average Bonchev–Trinajstić information content (AvgIpc) is 2.91. The molecule has 124 valence electrons. The molecule has 1 spiro atoms. The van der Waals surface area contributed by atoms with Crippen LogP contribution in [0.5, 0.6) is 0 Å². The van der Waals surface area contributed by atoms with Crippen molar-refractivity contribution in [2.24, 2.45) is 0 Å². The van der Waals surface area contributed by atoms with Gasteiger partial charge < -0.3 is 14.4 Å². The molecule has 0 unspecified atom stereocenters. The van der Waals surface area contributed by atoms with Gasteiger partial charge in [0.15, 0.2) is 0 Å². The van der Waals surface area contributed by atoms with E-state index < -0.39 is 0 Å². The Morgan fingerprint density at radius 2 is 2.36 bits per heavy atom. The van der Waals surface area contributed by atoms with E-state index in [9.17, 15) is 4.79 Å². The summed E-state index contributed by atoms with van der Waals surface area (Å²) in [7, 11) is 0. The lowest BCUT2D eigenvalue weighted by Gasteiger charge is -2.40. The zero-order valence-corrected chi connectivity index (χ0v) is 13.8. The maximum absolute atomic E-state index is 12.6. The van der Waals surface area contributed by atoms with Crippen LogP contribution in [0.4, 0.5) is 0 Å². The Hall–Kier alpha value is -0.870. The number of allylic oxidation sites excluding steroid dienone is 1. The minimum absolute atomic E-state index is 0.144. The van der Waals surface area contributed by atoms with Crippen molar-refractivity contribution in [1.82, 2.24) is 4.90 Å². The minimum atomic E-state index is -0.144. The van der Waals surface area contributed by atoms with Crippen molar-refractivity contribution in [3.8, 4) is 0 Å². The number of nitrogens with zero attached hydrogens (tertiary/aromatic N) is 1. The first-order valence-corrected chi connectivity index (χ1v) is 8.92. The van der Waals surface area contributed by atoms with E-state index in [-0.39, 0.29) is 17.6 Å². The summed E-state index contributed by atoms with van der Waals surface area (Å²) in [5, 5.41) is 0. The molecule has 0 radical (unpaired) electrons. The highest BCUT2D eigenvalue weighted by molar-refractivity contribution is 5.79. The standard InChI is InChI=1S/C18H29NO3/c1-2-21-16-12-18(22-13-16)9-6-10-19(14-18)17(20)11-15-7-4-3-5-8-15/h7,16H,2-6,8-14H2,1H3/t16-,18-/m1/s1. The van der Waals surface area contributed by atoms with Gasteiger partial charge in [-0.2, -0.15) is 0 Å². The van der Waals surface area contributed by atoms with Crippen molar-refractivity contribution in [3.05, 3.63) is 11.6 Å². The Morgan fingerprint density at radius 3 is 3.14 bits per heavy atom. The highest BCUT2D eigenvalue weighted by Gasteiger charge is 2.44. The molecule has 2 atom stereocenters. The molecule has 0 saturated carbocycles. The molecule has 2 heterocycles. The van der Waals surface area contributed by atoms with Gasteiger partial charge in [-0.15, -0.1) is 0 Å².